The Bertz CT molecular complexity index is 605. The molecule has 2 unspecified atom stereocenters. The maximum atomic E-state index is 12.1. The Balaban J connectivity index is 1.88. The second kappa shape index (κ2) is 6.79. The maximum Gasteiger partial charge on any atom is 0.307 e. The fourth-order valence-electron chi connectivity index (χ4n) is 2.43. The first-order valence-electron chi connectivity index (χ1n) is 6.91. The van der Waals surface area contributed by atoms with Crippen molar-refractivity contribution in [2.45, 2.75) is 12.8 Å². The number of carboxylic acids is 1. The Morgan fingerprint density at radius 1 is 1.32 bits per heavy atom. The molecule has 1 aliphatic rings. The molecule has 0 aromatic heterocycles. The smallest absolute Gasteiger partial charge is 0.307 e. The van der Waals surface area contributed by atoms with Crippen LogP contribution in [0.5, 0.6) is 0 Å². The number of hydrogen-bond acceptors (Lipinski definition) is 3. The number of nitrogens with zero attached hydrogens (tertiary/aromatic N) is 1. The lowest BCUT2D eigenvalue weighted by Gasteiger charge is -2.34. The van der Waals surface area contributed by atoms with Gasteiger partial charge in [0.15, 0.2) is 0 Å². The predicted octanol–water partition coefficient (Wildman–Crippen LogP) is 1.85. The third-order valence-corrected chi connectivity index (χ3v) is 4.01. The second-order valence-corrected chi connectivity index (χ2v) is 5.82. The molecule has 1 aromatic carbocycles. The van der Waals surface area contributed by atoms with Gasteiger partial charge in [-0.2, -0.15) is 0 Å². The molecule has 6 nitrogen and oxygen atoms in total. The van der Waals surface area contributed by atoms with E-state index < -0.39 is 17.8 Å². The molecule has 0 heterocycles. The number of likely N-dealkylation sites (N-methyl/N-ethyl adjacent to an activating group) is 1. The average Bonchev–Trinajstić information content (AvgIpc) is 2.36. The van der Waals surface area contributed by atoms with Crippen molar-refractivity contribution in [3.05, 3.63) is 29.3 Å². The highest BCUT2D eigenvalue weighted by Crippen LogP contribution is 2.35. The van der Waals surface area contributed by atoms with Gasteiger partial charge < -0.3 is 15.3 Å². The van der Waals surface area contributed by atoms with E-state index in [0.717, 1.165) is 0 Å². The van der Waals surface area contributed by atoms with Gasteiger partial charge in [0.2, 0.25) is 11.8 Å². The topological polar surface area (TPSA) is 86.7 Å². The van der Waals surface area contributed by atoms with Crippen LogP contribution in [0.1, 0.15) is 12.8 Å². The number of carbonyl (C=O) groups excluding carboxylic acids is 2. The standard InChI is InChI=1S/C15H17ClN2O4/c1-18(14(20)11-5-6-12(11)15(21)22)8-13(19)17-10-4-2-3-9(16)7-10/h2-4,7,11-12H,5-6,8H2,1H3,(H,17,19)(H,21,22). The highest BCUT2D eigenvalue weighted by Gasteiger charge is 2.42. The molecule has 0 aliphatic heterocycles. The van der Waals surface area contributed by atoms with Gasteiger partial charge in [0.1, 0.15) is 0 Å². The van der Waals surface area contributed by atoms with Crippen LogP contribution in [0.15, 0.2) is 24.3 Å². The number of carbonyl (C=O) groups is 3. The van der Waals surface area contributed by atoms with Gasteiger partial charge in [0, 0.05) is 17.8 Å². The van der Waals surface area contributed by atoms with Crippen molar-refractivity contribution in [2.75, 3.05) is 18.9 Å². The Hall–Kier alpha value is -2.08. The van der Waals surface area contributed by atoms with Crippen LogP contribution in [0.4, 0.5) is 5.69 Å². The van der Waals surface area contributed by atoms with Crippen molar-refractivity contribution in [2.24, 2.45) is 11.8 Å². The van der Waals surface area contributed by atoms with E-state index in [2.05, 4.69) is 5.32 Å². The highest BCUT2D eigenvalue weighted by molar-refractivity contribution is 6.30. The monoisotopic (exact) mass is 324 g/mol. The van der Waals surface area contributed by atoms with Crippen molar-refractivity contribution in [1.82, 2.24) is 4.90 Å². The minimum absolute atomic E-state index is 0.131. The van der Waals surface area contributed by atoms with E-state index in [1.54, 1.807) is 24.3 Å². The summed E-state index contributed by atoms with van der Waals surface area (Å²) in [5.41, 5.74) is 0.547. The number of carboxylic acid groups (broad SMARTS) is 1. The summed E-state index contributed by atoms with van der Waals surface area (Å²) in [5.74, 6) is -2.78. The molecule has 0 radical (unpaired) electrons. The largest absolute Gasteiger partial charge is 0.481 e. The summed E-state index contributed by atoms with van der Waals surface area (Å²) >= 11 is 5.83. The number of hydrogen-bond donors (Lipinski definition) is 2. The lowest BCUT2D eigenvalue weighted by atomic mass is 9.73. The first-order valence-corrected chi connectivity index (χ1v) is 7.29. The average molecular weight is 325 g/mol. The fraction of sp³-hybridized carbons (Fsp3) is 0.400. The molecule has 1 saturated carbocycles. The predicted molar refractivity (Wildman–Crippen MR) is 81.6 cm³/mol. The summed E-state index contributed by atoms with van der Waals surface area (Å²) in [6.45, 7) is -0.131. The van der Waals surface area contributed by atoms with Crippen molar-refractivity contribution in [3.8, 4) is 0 Å². The van der Waals surface area contributed by atoms with Crippen LogP contribution in [0.3, 0.4) is 0 Å². The van der Waals surface area contributed by atoms with E-state index >= 15 is 0 Å². The molecule has 0 bridgehead atoms. The molecule has 1 fully saturated rings. The summed E-state index contributed by atoms with van der Waals surface area (Å²) < 4.78 is 0. The molecular formula is C15H17ClN2O4. The number of benzene rings is 1. The first kappa shape index (κ1) is 16.3. The van der Waals surface area contributed by atoms with Gasteiger partial charge in [0.25, 0.3) is 0 Å². The number of aliphatic carboxylic acids is 1. The lowest BCUT2D eigenvalue weighted by molar-refractivity contribution is -0.156. The normalized spacial score (nSPS) is 19.9. The molecule has 2 rings (SSSR count). The van der Waals surface area contributed by atoms with Crippen molar-refractivity contribution in [1.29, 1.82) is 0 Å². The van der Waals surface area contributed by atoms with Gasteiger partial charge in [-0.15, -0.1) is 0 Å². The molecule has 0 spiro atoms. The van der Waals surface area contributed by atoms with Crippen LogP contribution in [0, 0.1) is 11.8 Å². The van der Waals surface area contributed by atoms with Gasteiger partial charge in [-0.1, -0.05) is 17.7 Å². The second-order valence-electron chi connectivity index (χ2n) is 5.38. The van der Waals surface area contributed by atoms with Gasteiger partial charge in [-0.25, -0.2) is 0 Å². The van der Waals surface area contributed by atoms with Gasteiger partial charge in [-0.05, 0) is 31.0 Å². The number of rotatable bonds is 5. The van der Waals surface area contributed by atoms with Crippen molar-refractivity contribution in [3.63, 3.8) is 0 Å². The van der Waals surface area contributed by atoms with E-state index in [1.807, 2.05) is 0 Å². The van der Waals surface area contributed by atoms with Crippen molar-refractivity contribution < 1.29 is 19.5 Å². The van der Waals surface area contributed by atoms with Gasteiger partial charge >= 0.3 is 5.97 Å². The Kier molecular flexibility index (Phi) is 5.03. The van der Waals surface area contributed by atoms with E-state index in [-0.39, 0.29) is 18.4 Å². The van der Waals surface area contributed by atoms with Crippen LogP contribution >= 0.6 is 11.6 Å². The lowest BCUT2D eigenvalue weighted by Crippen LogP contribution is -2.46. The minimum Gasteiger partial charge on any atom is -0.481 e. The molecule has 7 heteroatoms. The van der Waals surface area contributed by atoms with Crippen LogP contribution in [0.2, 0.25) is 5.02 Å². The fourth-order valence-corrected chi connectivity index (χ4v) is 2.62. The molecule has 1 aromatic rings. The number of halogens is 1. The van der Waals surface area contributed by atoms with Crippen LogP contribution in [-0.4, -0.2) is 41.4 Å². The third-order valence-electron chi connectivity index (χ3n) is 3.77. The molecule has 2 N–H and O–H groups in total. The van der Waals surface area contributed by atoms with E-state index in [9.17, 15) is 14.4 Å². The Morgan fingerprint density at radius 2 is 2.00 bits per heavy atom. The third kappa shape index (κ3) is 3.76. The SMILES string of the molecule is CN(CC(=O)Nc1cccc(Cl)c1)C(=O)C1CCC1C(=O)O. The molecule has 118 valence electrons. The van der Waals surface area contributed by atoms with Crippen LogP contribution < -0.4 is 5.32 Å². The molecule has 2 atom stereocenters. The molecular weight excluding hydrogens is 308 g/mol. The number of nitrogens with one attached hydrogen (secondary N) is 1. The first-order chi connectivity index (χ1) is 10.4. The van der Waals surface area contributed by atoms with Crippen LogP contribution in [-0.2, 0) is 14.4 Å². The van der Waals surface area contributed by atoms with E-state index in [1.165, 1.54) is 11.9 Å². The Morgan fingerprint density at radius 3 is 2.55 bits per heavy atom. The zero-order valence-corrected chi connectivity index (χ0v) is 12.8. The van der Waals surface area contributed by atoms with Crippen LogP contribution in [0.25, 0.3) is 0 Å². The molecule has 0 saturated heterocycles. The quantitative estimate of drug-likeness (QED) is 0.865. The number of amides is 2. The zero-order chi connectivity index (χ0) is 16.3. The molecule has 2 amide bonds. The summed E-state index contributed by atoms with van der Waals surface area (Å²) in [4.78, 5) is 36.3. The summed E-state index contributed by atoms with van der Waals surface area (Å²) in [6.07, 6.45) is 1.06. The van der Waals surface area contributed by atoms with Gasteiger partial charge in [-0.3, -0.25) is 14.4 Å². The summed E-state index contributed by atoms with van der Waals surface area (Å²) in [5, 5.41) is 12.1. The highest BCUT2D eigenvalue weighted by atomic mass is 35.5. The maximum absolute atomic E-state index is 12.1. The Labute approximate surface area is 133 Å². The molecule has 1 aliphatic carbocycles. The van der Waals surface area contributed by atoms with E-state index in [0.29, 0.717) is 23.6 Å². The van der Waals surface area contributed by atoms with Gasteiger partial charge in [0.05, 0.1) is 18.4 Å². The summed E-state index contributed by atoms with van der Waals surface area (Å²) in [6, 6.07) is 6.69. The zero-order valence-electron chi connectivity index (χ0n) is 12.1. The molecule has 22 heavy (non-hydrogen) atoms. The van der Waals surface area contributed by atoms with Crippen molar-refractivity contribution >= 4 is 35.1 Å². The summed E-state index contributed by atoms with van der Waals surface area (Å²) in [7, 11) is 1.50. The van der Waals surface area contributed by atoms with E-state index in [4.69, 9.17) is 16.7 Å². The number of anilines is 1. The minimum atomic E-state index is -0.957.